The highest BCUT2D eigenvalue weighted by molar-refractivity contribution is 9.10. The first-order valence-electron chi connectivity index (χ1n) is 5.23. The first-order chi connectivity index (χ1) is 8.63. The second kappa shape index (κ2) is 4.37. The van der Waals surface area contributed by atoms with Gasteiger partial charge in [0.25, 0.3) is 0 Å². The molecule has 0 fully saturated rings. The summed E-state index contributed by atoms with van der Waals surface area (Å²) < 4.78 is 15.9. The molecule has 2 aromatic heterocycles. The molecule has 2 heterocycles. The van der Waals surface area contributed by atoms with Gasteiger partial charge < -0.3 is 4.40 Å². The number of imidazole rings is 1. The second-order valence-electron chi connectivity index (χ2n) is 3.86. The van der Waals surface area contributed by atoms with Crippen molar-refractivity contribution in [2.24, 2.45) is 0 Å². The minimum absolute atomic E-state index is 0.352. The highest BCUT2D eigenvalue weighted by Crippen LogP contribution is 2.28. The van der Waals surface area contributed by atoms with Crippen molar-refractivity contribution >= 4 is 33.2 Å². The molecule has 18 heavy (non-hydrogen) atoms. The fraction of sp³-hybridized carbons (Fsp3) is 0. The van der Waals surface area contributed by atoms with Gasteiger partial charge in [-0.3, -0.25) is 0 Å². The van der Waals surface area contributed by atoms with Gasteiger partial charge in [0.15, 0.2) is 0 Å². The lowest BCUT2D eigenvalue weighted by molar-refractivity contribution is 0.628. The lowest BCUT2D eigenvalue weighted by Gasteiger charge is -1.99. The Morgan fingerprint density at radius 1 is 1.17 bits per heavy atom. The van der Waals surface area contributed by atoms with E-state index in [-0.39, 0.29) is 5.82 Å². The van der Waals surface area contributed by atoms with Gasteiger partial charge in [0, 0.05) is 22.4 Å². The van der Waals surface area contributed by atoms with Crippen LogP contribution in [0, 0.1) is 5.82 Å². The highest BCUT2D eigenvalue weighted by Gasteiger charge is 2.09. The van der Waals surface area contributed by atoms with Crippen LogP contribution in [0.5, 0.6) is 0 Å². The van der Waals surface area contributed by atoms with Crippen LogP contribution in [0.3, 0.4) is 0 Å². The monoisotopic (exact) mass is 324 g/mol. The van der Waals surface area contributed by atoms with Gasteiger partial charge in [-0.25, -0.2) is 9.37 Å². The van der Waals surface area contributed by atoms with E-state index >= 15 is 0 Å². The minimum Gasteiger partial charge on any atom is -0.305 e. The maximum atomic E-state index is 13.0. The summed E-state index contributed by atoms with van der Waals surface area (Å²) in [5.74, 6) is -0.352. The Morgan fingerprint density at radius 2 is 2.00 bits per heavy atom. The maximum Gasteiger partial charge on any atom is 0.137 e. The average molecular weight is 326 g/mol. The van der Waals surface area contributed by atoms with Crippen LogP contribution in [-0.4, -0.2) is 9.38 Å². The highest BCUT2D eigenvalue weighted by atomic mass is 79.9. The van der Waals surface area contributed by atoms with E-state index < -0.39 is 0 Å². The lowest BCUT2D eigenvalue weighted by atomic mass is 10.2. The third-order valence-corrected chi connectivity index (χ3v) is 3.40. The minimum atomic E-state index is -0.352. The molecule has 0 unspecified atom stereocenters. The summed E-state index contributed by atoms with van der Waals surface area (Å²) in [5.41, 5.74) is 2.25. The van der Waals surface area contributed by atoms with E-state index in [1.54, 1.807) is 6.07 Å². The van der Waals surface area contributed by atoms with Crippen molar-refractivity contribution in [1.29, 1.82) is 0 Å². The van der Waals surface area contributed by atoms with E-state index in [0.29, 0.717) is 5.02 Å². The van der Waals surface area contributed by atoms with E-state index in [1.807, 2.05) is 28.9 Å². The Kier molecular flexibility index (Phi) is 2.84. The molecule has 1 aromatic carbocycles. The Hall–Kier alpha value is -1.39. The number of pyridine rings is 1. The fourth-order valence-electron chi connectivity index (χ4n) is 1.79. The summed E-state index contributed by atoms with van der Waals surface area (Å²) in [5, 5.41) is 0.359. The Bertz CT molecular complexity index is 739. The molecular weight excluding hydrogens is 319 g/mol. The number of rotatable bonds is 1. The van der Waals surface area contributed by atoms with Crippen LogP contribution in [0.25, 0.3) is 16.9 Å². The lowest BCUT2D eigenvalue weighted by Crippen LogP contribution is -1.81. The molecule has 0 amide bonds. The van der Waals surface area contributed by atoms with Gasteiger partial charge in [-0.05, 0) is 46.3 Å². The molecular formula is C13H7BrClFN2. The second-order valence-corrected chi connectivity index (χ2v) is 5.19. The number of hydrogen-bond acceptors (Lipinski definition) is 1. The number of nitrogens with zero attached hydrogens (tertiary/aromatic N) is 2. The van der Waals surface area contributed by atoms with Crippen LogP contribution < -0.4 is 0 Å². The predicted molar refractivity (Wildman–Crippen MR) is 73.3 cm³/mol. The molecule has 3 aromatic rings. The molecule has 0 aliphatic carbocycles. The third-order valence-electron chi connectivity index (χ3n) is 2.62. The van der Waals surface area contributed by atoms with Crippen molar-refractivity contribution in [3.05, 3.63) is 58.0 Å². The van der Waals surface area contributed by atoms with Crippen LogP contribution in [0.4, 0.5) is 4.39 Å². The van der Waals surface area contributed by atoms with Crippen LogP contribution >= 0.6 is 27.5 Å². The van der Waals surface area contributed by atoms with Crippen LogP contribution in [0.2, 0.25) is 5.02 Å². The number of fused-ring (bicyclic) bond motifs is 1. The van der Waals surface area contributed by atoms with Gasteiger partial charge in [-0.15, -0.1) is 0 Å². The molecule has 5 heteroatoms. The summed E-state index contributed by atoms with van der Waals surface area (Å²) in [4.78, 5) is 4.45. The number of hydrogen-bond donors (Lipinski definition) is 0. The van der Waals surface area contributed by atoms with Gasteiger partial charge >= 0.3 is 0 Å². The molecule has 0 saturated carbocycles. The van der Waals surface area contributed by atoms with Gasteiger partial charge in [0.2, 0.25) is 0 Å². The molecule has 0 radical (unpaired) electrons. The zero-order valence-electron chi connectivity index (χ0n) is 9.07. The standard InChI is InChI=1S/C13H7BrClFN2/c14-8-1-4-13-17-12(7-18(13)6-8)10-3-2-9(16)5-11(10)15/h1-7H. The number of benzene rings is 1. The van der Waals surface area contributed by atoms with Crippen molar-refractivity contribution < 1.29 is 4.39 Å². The quantitative estimate of drug-likeness (QED) is 0.641. The summed E-state index contributed by atoms with van der Waals surface area (Å²) in [6, 6.07) is 8.11. The molecule has 0 atom stereocenters. The van der Waals surface area contributed by atoms with Crippen molar-refractivity contribution in [3.63, 3.8) is 0 Å². The first-order valence-corrected chi connectivity index (χ1v) is 6.40. The summed E-state index contributed by atoms with van der Waals surface area (Å²) in [7, 11) is 0. The zero-order chi connectivity index (χ0) is 12.7. The van der Waals surface area contributed by atoms with Crippen LogP contribution in [-0.2, 0) is 0 Å². The summed E-state index contributed by atoms with van der Waals surface area (Å²) in [6.45, 7) is 0. The molecule has 0 aliphatic rings. The third kappa shape index (κ3) is 2.02. The van der Waals surface area contributed by atoms with Crippen molar-refractivity contribution in [2.45, 2.75) is 0 Å². The van der Waals surface area contributed by atoms with E-state index in [9.17, 15) is 4.39 Å². The van der Waals surface area contributed by atoms with E-state index in [4.69, 9.17) is 11.6 Å². The summed E-state index contributed by atoms with van der Waals surface area (Å²) >= 11 is 9.42. The maximum absolute atomic E-state index is 13.0. The molecule has 0 aliphatic heterocycles. The first kappa shape index (κ1) is 11.7. The Labute approximate surface area is 116 Å². The SMILES string of the molecule is Fc1ccc(-c2cn3cc(Br)ccc3n2)c(Cl)c1. The normalized spacial score (nSPS) is 11.1. The molecule has 0 spiro atoms. The molecule has 3 rings (SSSR count). The average Bonchev–Trinajstić information content (AvgIpc) is 2.71. The molecule has 0 N–H and O–H groups in total. The molecule has 2 nitrogen and oxygen atoms in total. The van der Waals surface area contributed by atoms with Crippen LogP contribution in [0.1, 0.15) is 0 Å². The van der Waals surface area contributed by atoms with Crippen molar-refractivity contribution in [3.8, 4) is 11.3 Å². The molecule has 90 valence electrons. The predicted octanol–water partition coefficient (Wildman–Crippen LogP) is 4.56. The van der Waals surface area contributed by atoms with Crippen molar-refractivity contribution in [1.82, 2.24) is 9.38 Å². The van der Waals surface area contributed by atoms with E-state index in [1.165, 1.54) is 12.1 Å². The Morgan fingerprint density at radius 3 is 2.78 bits per heavy atom. The van der Waals surface area contributed by atoms with Crippen molar-refractivity contribution in [2.75, 3.05) is 0 Å². The van der Waals surface area contributed by atoms with Gasteiger partial charge in [-0.2, -0.15) is 0 Å². The van der Waals surface area contributed by atoms with E-state index in [0.717, 1.165) is 21.4 Å². The van der Waals surface area contributed by atoms with Gasteiger partial charge in [-0.1, -0.05) is 11.6 Å². The van der Waals surface area contributed by atoms with E-state index in [2.05, 4.69) is 20.9 Å². The smallest absolute Gasteiger partial charge is 0.137 e. The molecule has 0 bridgehead atoms. The van der Waals surface area contributed by atoms with Gasteiger partial charge in [0.05, 0.1) is 10.7 Å². The van der Waals surface area contributed by atoms with Crippen LogP contribution in [0.15, 0.2) is 47.2 Å². The molecule has 0 saturated heterocycles. The number of aromatic nitrogens is 2. The zero-order valence-corrected chi connectivity index (χ0v) is 11.4. The fourth-order valence-corrected chi connectivity index (χ4v) is 2.41. The summed E-state index contributed by atoms with van der Waals surface area (Å²) in [6.07, 6.45) is 3.77. The number of halogens is 3. The largest absolute Gasteiger partial charge is 0.305 e. The topological polar surface area (TPSA) is 17.3 Å². The Balaban J connectivity index is 2.19. The van der Waals surface area contributed by atoms with Gasteiger partial charge in [0.1, 0.15) is 11.5 Å².